The van der Waals surface area contributed by atoms with Crippen molar-refractivity contribution in [2.75, 3.05) is 19.4 Å². The van der Waals surface area contributed by atoms with Gasteiger partial charge in [-0.1, -0.05) is 44.0 Å². The van der Waals surface area contributed by atoms with Crippen LogP contribution in [0.5, 0.6) is 0 Å². The van der Waals surface area contributed by atoms with Crippen LogP contribution in [0.15, 0.2) is 53.6 Å². The number of nitrogens with two attached hydrogens (primary N) is 1. The summed E-state index contributed by atoms with van der Waals surface area (Å²) < 4.78 is 6.15. The number of aromatic nitrogens is 3. The summed E-state index contributed by atoms with van der Waals surface area (Å²) >= 11 is 0. The predicted octanol–water partition coefficient (Wildman–Crippen LogP) is 3.76. The van der Waals surface area contributed by atoms with Crippen LogP contribution in [0.25, 0.3) is 22.2 Å². The zero-order chi connectivity index (χ0) is 24.1. The molecule has 0 aliphatic heterocycles. The molecule has 0 atom stereocenters. The van der Waals surface area contributed by atoms with E-state index in [4.69, 9.17) is 10.5 Å². The van der Waals surface area contributed by atoms with Crippen LogP contribution in [-0.4, -0.2) is 46.4 Å². The van der Waals surface area contributed by atoms with Crippen molar-refractivity contribution in [2.45, 2.75) is 26.2 Å². The molecular weight excluding hydrogens is 432 g/mol. The number of nitrogens with zero attached hydrogens (tertiary/aromatic N) is 4. The number of esters is 1. The van der Waals surface area contributed by atoms with E-state index in [1.54, 1.807) is 30.5 Å². The summed E-state index contributed by atoms with van der Waals surface area (Å²) in [6.07, 6.45) is 4.55. The van der Waals surface area contributed by atoms with Crippen molar-refractivity contribution in [1.29, 1.82) is 0 Å². The monoisotopic (exact) mass is 458 g/mol. The first-order valence-electron chi connectivity index (χ1n) is 11.1. The maximum atomic E-state index is 13.0. The molecule has 1 amide bonds. The van der Waals surface area contributed by atoms with E-state index >= 15 is 0 Å². The number of methoxy groups -OCH3 is 1. The van der Waals surface area contributed by atoms with Gasteiger partial charge in [0.1, 0.15) is 16.9 Å². The standard InChI is InChI=1S/C25H26N6O3/c1-3-4-7-14-27-24(32)20-21-23(30-19-9-6-5-8-18(19)29-21)31(22(20)26)28-15-16-10-12-17(13-11-16)25(33)34-2/h5-6,8-13,15H,3-4,7,14,26H2,1-2H3,(H,27,32)/b28-15+. The summed E-state index contributed by atoms with van der Waals surface area (Å²) in [6.45, 7) is 2.66. The van der Waals surface area contributed by atoms with Gasteiger partial charge in [0.05, 0.1) is 29.9 Å². The lowest BCUT2D eigenvalue weighted by molar-refractivity contribution is 0.0600. The second-order valence-corrected chi connectivity index (χ2v) is 7.78. The number of benzene rings is 2. The highest BCUT2D eigenvalue weighted by molar-refractivity contribution is 6.10. The number of anilines is 1. The van der Waals surface area contributed by atoms with E-state index in [1.165, 1.54) is 11.8 Å². The molecule has 0 aliphatic carbocycles. The molecule has 174 valence electrons. The Morgan fingerprint density at radius 1 is 1.09 bits per heavy atom. The molecule has 0 aliphatic rings. The average Bonchev–Trinajstić information content (AvgIpc) is 3.13. The second kappa shape index (κ2) is 10.1. The number of fused-ring (bicyclic) bond motifs is 2. The first kappa shape index (κ1) is 22.9. The first-order valence-corrected chi connectivity index (χ1v) is 11.1. The van der Waals surface area contributed by atoms with Crippen molar-refractivity contribution in [2.24, 2.45) is 5.10 Å². The fraction of sp³-hybridized carbons (Fsp3) is 0.240. The summed E-state index contributed by atoms with van der Waals surface area (Å²) in [5, 5.41) is 7.41. The van der Waals surface area contributed by atoms with Crippen molar-refractivity contribution >= 4 is 46.1 Å². The normalized spacial score (nSPS) is 11.4. The zero-order valence-corrected chi connectivity index (χ0v) is 19.1. The van der Waals surface area contributed by atoms with Gasteiger partial charge in [-0.05, 0) is 36.2 Å². The smallest absolute Gasteiger partial charge is 0.337 e. The fourth-order valence-electron chi connectivity index (χ4n) is 3.60. The third-order valence-electron chi connectivity index (χ3n) is 5.42. The van der Waals surface area contributed by atoms with E-state index in [0.717, 1.165) is 24.8 Å². The fourth-order valence-corrected chi connectivity index (χ4v) is 3.60. The van der Waals surface area contributed by atoms with Crippen LogP contribution < -0.4 is 11.1 Å². The Bertz CT molecular complexity index is 1380. The lowest BCUT2D eigenvalue weighted by Gasteiger charge is -2.05. The van der Waals surface area contributed by atoms with Gasteiger partial charge in [0, 0.05) is 6.54 Å². The third kappa shape index (κ3) is 4.59. The van der Waals surface area contributed by atoms with Gasteiger partial charge in [-0.25, -0.2) is 14.8 Å². The van der Waals surface area contributed by atoms with Crippen molar-refractivity contribution in [3.8, 4) is 0 Å². The van der Waals surface area contributed by atoms with Crippen molar-refractivity contribution in [3.05, 3.63) is 65.2 Å². The number of carbonyl (C=O) groups is 2. The molecule has 2 heterocycles. The van der Waals surface area contributed by atoms with E-state index in [9.17, 15) is 9.59 Å². The molecule has 0 unspecified atom stereocenters. The average molecular weight is 459 g/mol. The van der Waals surface area contributed by atoms with Crippen LogP contribution in [0.1, 0.15) is 52.5 Å². The van der Waals surface area contributed by atoms with Crippen LogP contribution >= 0.6 is 0 Å². The number of carbonyl (C=O) groups excluding carboxylic acids is 2. The SMILES string of the molecule is CCCCCNC(=O)c1c(N)n(/N=C/c2ccc(C(=O)OC)cc2)c2nc3ccccc3nc12. The Morgan fingerprint density at radius 2 is 1.79 bits per heavy atom. The maximum absolute atomic E-state index is 13.0. The Balaban J connectivity index is 1.75. The third-order valence-corrected chi connectivity index (χ3v) is 5.42. The van der Waals surface area contributed by atoms with Crippen molar-refractivity contribution < 1.29 is 14.3 Å². The highest BCUT2D eigenvalue weighted by Gasteiger charge is 2.23. The van der Waals surface area contributed by atoms with Crippen LogP contribution in [-0.2, 0) is 4.74 Å². The lowest BCUT2D eigenvalue weighted by atomic mass is 10.1. The molecule has 0 fully saturated rings. The van der Waals surface area contributed by atoms with Gasteiger partial charge >= 0.3 is 5.97 Å². The van der Waals surface area contributed by atoms with Gasteiger partial charge in [0.15, 0.2) is 5.65 Å². The van der Waals surface area contributed by atoms with E-state index in [1.807, 2.05) is 24.3 Å². The van der Waals surface area contributed by atoms with Crippen LogP contribution in [0.2, 0.25) is 0 Å². The van der Waals surface area contributed by atoms with Crippen molar-refractivity contribution in [3.63, 3.8) is 0 Å². The minimum atomic E-state index is -0.416. The van der Waals surface area contributed by atoms with Gasteiger partial charge in [0.2, 0.25) is 0 Å². The van der Waals surface area contributed by atoms with E-state index in [-0.39, 0.29) is 17.3 Å². The molecule has 4 rings (SSSR count). The molecule has 0 radical (unpaired) electrons. The number of hydrogen-bond acceptors (Lipinski definition) is 7. The molecule has 4 aromatic rings. The van der Waals surface area contributed by atoms with E-state index in [2.05, 4.69) is 27.3 Å². The number of nitrogen functional groups attached to an aromatic ring is 1. The van der Waals surface area contributed by atoms with Gasteiger partial charge < -0.3 is 15.8 Å². The Kier molecular flexibility index (Phi) is 6.82. The molecule has 0 saturated carbocycles. The lowest BCUT2D eigenvalue weighted by Crippen LogP contribution is -2.25. The molecule has 2 aromatic carbocycles. The predicted molar refractivity (Wildman–Crippen MR) is 132 cm³/mol. The minimum absolute atomic E-state index is 0.153. The summed E-state index contributed by atoms with van der Waals surface area (Å²) in [5.41, 5.74) is 9.93. The van der Waals surface area contributed by atoms with Crippen LogP contribution in [0, 0.1) is 0 Å². The van der Waals surface area contributed by atoms with E-state index in [0.29, 0.717) is 34.3 Å². The van der Waals surface area contributed by atoms with Gasteiger partial charge in [0.25, 0.3) is 5.91 Å². The topological polar surface area (TPSA) is 124 Å². The summed E-state index contributed by atoms with van der Waals surface area (Å²) in [7, 11) is 1.33. The molecule has 0 spiro atoms. The number of para-hydroxylation sites is 2. The number of amides is 1. The molecule has 3 N–H and O–H groups in total. The highest BCUT2D eigenvalue weighted by Crippen LogP contribution is 2.27. The Labute approximate surface area is 196 Å². The molecule has 2 aromatic heterocycles. The zero-order valence-electron chi connectivity index (χ0n) is 19.1. The Hall–Kier alpha value is -4.27. The van der Waals surface area contributed by atoms with Gasteiger partial charge in [-0.2, -0.15) is 9.78 Å². The number of nitrogens with one attached hydrogen (secondary N) is 1. The maximum Gasteiger partial charge on any atom is 0.337 e. The number of rotatable bonds is 8. The van der Waals surface area contributed by atoms with Gasteiger partial charge in [-0.3, -0.25) is 4.79 Å². The summed E-state index contributed by atoms with van der Waals surface area (Å²) in [6, 6.07) is 14.2. The summed E-state index contributed by atoms with van der Waals surface area (Å²) in [4.78, 5) is 34.0. The van der Waals surface area contributed by atoms with E-state index < -0.39 is 5.97 Å². The van der Waals surface area contributed by atoms with Crippen LogP contribution in [0.3, 0.4) is 0 Å². The minimum Gasteiger partial charge on any atom is -0.465 e. The summed E-state index contributed by atoms with van der Waals surface area (Å²) in [5.74, 6) is -0.568. The van der Waals surface area contributed by atoms with Gasteiger partial charge in [-0.15, -0.1) is 0 Å². The largest absolute Gasteiger partial charge is 0.465 e. The van der Waals surface area contributed by atoms with Crippen LogP contribution in [0.4, 0.5) is 5.82 Å². The quantitative estimate of drug-likeness (QED) is 0.235. The number of unbranched alkanes of at least 4 members (excludes halogenated alkanes) is 2. The van der Waals surface area contributed by atoms with Crippen molar-refractivity contribution in [1.82, 2.24) is 20.0 Å². The molecule has 0 bridgehead atoms. The molecule has 34 heavy (non-hydrogen) atoms. The molecular formula is C25H26N6O3. The number of hydrogen-bond donors (Lipinski definition) is 2. The number of ether oxygens (including phenoxy) is 1. The molecule has 9 heteroatoms. The Morgan fingerprint density at radius 3 is 2.47 bits per heavy atom. The molecule has 9 nitrogen and oxygen atoms in total. The molecule has 0 saturated heterocycles. The highest BCUT2D eigenvalue weighted by atomic mass is 16.5. The second-order valence-electron chi connectivity index (χ2n) is 7.78. The first-order chi connectivity index (χ1) is 16.5.